The largest absolute Gasteiger partial charge is 0.477 e. The van der Waals surface area contributed by atoms with Crippen LogP contribution in [0.5, 0.6) is 0 Å². The molecule has 4 aromatic carbocycles. The molecule has 6 rings (SSSR count). The fourth-order valence-electron chi connectivity index (χ4n) is 7.46. The molecule has 1 saturated heterocycles. The molecule has 0 unspecified atom stereocenters. The Kier molecular flexibility index (Phi) is 14.4. The molecule has 13 heteroatoms. The number of aliphatic imine (C=N–C) groups is 1. The predicted molar refractivity (Wildman–Crippen MR) is 236 cm³/mol. The third kappa shape index (κ3) is 11.7. The summed E-state index contributed by atoms with van der Waals surface area (Å²) in [6, 6.07) is 32.5. The lowest BCUT2D eigenvalue weighted by molar-refractivity contribution is -0.140. The highest BCUT2D eigenvalue weighted by Gasteiger charge is 2.41. The normalized spacial score (nSPS) is 18.1. The summed E-state index contributed by atoms with van der Waals surface area (Å²) in [7, 11) is 0. The molecule has 2 heterocycles. The molecule has 0 aromatic heterocycles. The Morgan fingerprint density at radius 1 is 0.814 bits per heavy atom. The van der Waals surface area contributed by atoms with Gasteiger partial charge in [-0.3, -0.25) is 14.4 Å². The number of rotatable bonds is 15. The number of likely N-dealkylation sites (tertiary alicyclic amines) is 1. The summed E-state index contributed by atoms with van der Waals surface area (Å²) in [5.41, 5.74) is 1.18. The standard InChI is InChI=1S/C46H54N5O6PS/c1-32(43-48-35(30-56-43)28-33-18-9-5-10-19-33)47-41(52)38(29-34-20-11-6-12-21-34)49-42(53)40-26-17-27-51(40)44(54)39(50-45(55)57-46(2,3)4)31-58(59,36-22-13-7-14-23-36)37-24-15-8-16-25-37/h5-16,18-25,32,35,38-40H,17,26-31H2,1-4H3,(H,47,52)(H,49,53)(H,50,55)/t32-,35-,38+,39-,40-/m0/s1. The zero-order valence-electron chi connectivity index (χ0n) is 34.1. The fourth-order valence-corrected chi connectivity index (χ4v) is 11.4. The van der Waals surface area contributed by atoms with Gasteiger partial charge in [-0.25, -0.2) is 9.79 Å². The number of nitrogens with one attached hydrogen (secondary N) is 3. The van der Waals surface area contributed by atoms with Crippen molar-refractivity contribution in [2.45, 2.75) is 89.2 Å². The predicted octanol–water partition coefficient (Wildman–Crippen LogP) is 5.27. The minimum absolute atomic E-state index is 0.0700. The highest BCUT2D eigenvalue weighted by Crippen LogP contribution is 2.45. The highest BCUT2D eigenvalue weighted by molar-refractivity contribution is 8.22. The molecular weight excluding hydrogens is 782 g/mol. The summed E-state index contributed by atoms with van der Waals surface area (Å²) >= 11 is 6.51. The second-order valence-electron chi connectivity index (χ2n) is 16.1. The van der Waals surface area contributed by atoms with Crippen LogP contribution in [0.3, 0.4) is 0 Å². The number of nitrogens with zero attached hydrogens (tertiary/aromatic N) is 2. The Balaban J connectivity index is 1.22. The van der Waals surface area contributed by atoms with Crippen molar-refractivity contribution in [3.63, 3.8) is 0 Å². The van der Waals surface area contributed by atoms with Crippen LogP contribution in [0.25, 0.3) is 0 Å². The second-order valence-corrected chi connectivity index (χ2v) is 20.8. The zero-order valence-corrected chi connectivity index (χ0v) is 35.8. The van der Waals surface area contributed by atoms with Gasteiger partial charge in [0.2, 0.25) is 23.6 Å². The smallest absolute Gasteiger partial charge is 0.408 e. The molecule has 5 atom stereocenters. The van der Waals surface area contributed by atoms with Crippen molar-refractivity contribution in [3.05, 3.63) is 132 Å². The van der Waals surface area contributed by atoms with E-state index in [4.69, 9.17) is 26.3 Å². The monoisotopic (exact) mass is 835 g/mol. The lowest BCUT2D eigenvalue weighted by atomic mass is 10.0. The molecule has 2 aliphatic rings. The van der Waals surface area contributed by atoms with Gasteiger partial charge in [0.1, 0.15) is 36.4 Å². The van der Waals surface area contributed by atoms with Gasteiger partial charge in [0, 0.05) is 25.2 Å². The molecule has 11 nitrogen and oxygen atoms in total. The van der Waals surface area contributed by atoms with Gasteiger partial charge >= 0.3 is 6.09 Å². The van der Waals surface area contributed by atoms with Crippen molar-refractivity contribution in [3.8, 4) is 0 Å². The summed E-state index contributed by atoms with van der Waals surface area (Å²) in [5.74, 6) is -0.863. The first-order valence-corrected chi connectivity index (χ1v) is 23.2. The molecule has 4 amide bonds. The van der Waals surface area contributed by atoms with Crippen LogP contribution >= 0.6 is 6.04 Å². The van der Waals surface area contributed by atoms with Gasteiger partial charge in [-0.05, 0) is 68.7 Å². The van der Waals surface area contributed by atoms with Crippen molar-refractivity contribution < 1.29 is 28.7 Å². The lowest BCUT2D eigenvalue weighted by Crippen LogP contribution is -2.58. The Labute approximate surface area is 352 Å². The highest BCUT2D eigenvalue weighted by atomic mass is 32.4. The molecule has 1 fully saturated rings. The Morgan fingerprint density at radius 2 is 1.37 bits per heavy atom. The van der Waals surface area contributed by atoms with Crippen molar-refractivity contribution in [1.82, 2.24) is 20.9 Å². The van der Waals surface area contributed by atoms with Gasteiger partial charge in [-0.2, -0.15) is 0 Å². The maximum atomic E-state index is 14.8. The van der Waals surface area contributed by atoms with E-state index in [0.717, 1.165) is 28.2 Å². The van der Waals surface area contributed by atoms with E-state index in [1.54, 1.807) is 20.8 Å². The minimum Gasteiger partial charge on any atom is -0.477 e. The van der Waals surface area contributed by atoms with E-state index in [1.807, 2.05) is 116 Å². The minimum atomic E-state index is -2.70. The van der Waals surface area contributed by atoms with Crippen molar-refractivity contribution in [2.24, 2.45) is 4.99 Å². The quantitative estimate of drug-likeness (QED) is 0.139. The first-order valence-electron chi connectivity index (χ1n) is 20.2. The molecule has 0 aliphatic carbocycles. The van der Waals surface area contributed by atoms with Crippen LogP contribution in [0.4, 0.5) is 4.79 Å². The summed E-state index contributed by atoms with van der Waals surface area (Å²) in [4.78, 5) is 62.8. The van der Waals surface area contributed by atoms with Crippen LogP contribution in [-0.2, 0) is 48.5 Å². The van der Waals surface area contributed by atoms with E-state index in [0.29, 0.717) is 25.3 Å². The van der Waals surface area contributed by atoms with Gasteiger partial charge in [0.15, 0.2) is 0 Å². The Hall–Kier alpha value is -5.32. The third-order valence-corrected chi connectivity index (χ3v) is 15.2. The molecule has 0 saturated carbocycles. The summed E-state index contributed by atoms with van der Waals surface area (Å²) in [5, 5.41) is 10.6. The number of hydrogen-bond acceptors (Lipinski definition) is 8. The van der Waals surface area contributed by atoms with Crippen molar-refractivity contribution in [2.75, 3.05) is 19.3 Å². The summed E-state index contributed by atoms with van der Waals surface area (Å²) in [6.07, 6.45) is 1.24. The fraction of sp³-hybridized carbons (Fsp3) is 0.370. The molecule has 0 radical (unpaired) electrons. The number of hydrogen-bond donors (Lipinski definition) is 3. The van der Waals surface area contributed by atoms with E-state index in [1.165, 1.54) is 4.90 Å². The van der Waals surface area contributed by atoms with Crippen molar-refractivity contribution in [1.29, 1.82) is 0 Å². The number of alkyl carbamates (subject to hydrolysis) is 1. The van der Waals surface area contributed by atoms with Crippen LogP contribution < -0.4 is 26.6 Å². The molecule has 59 heavy (non-hydrogen) atoms. The van der Waals surface area contributed by atoms with Crippen LogP contribution in [0.2, 0.25) is 0 Å². The number of amides is 4. The number of carbonyl (C=O) groups is 4. The molecule has 310 valence electrons. The molecule has 3 N–H and O–H groups in total. The second kappa shape index (κ2) is 19.6. The van der Waals surface area contributed by atoms with E-state index >= 15 is 0 Å². The van der Waals surface area contributed by atoms with Crippen LogP contribution in [0, 0.1) is 0 Å². The Morgan fingerprint density at radius 3 is 1.95 bits per heavy atom. The average molecular weight is 836 g/mol. The van der Waals surface area contributed by atoms with E-state index in [2.05, 4.69) is 28.1 Å². The van der Waals surface area contributed by atoms with Crippen LogP contribution in [0.15, 0.2) is 126 Å². The van der Waals surface area contributed by atoms with Gasteiger partial charge in [-0.15, -0.1) is 0 Å². The van der Waals surface area contributed by atoms with Gasteiger partial charge in [0.05, 0.1) is 6.04 Å². The van der Waals surface area contributed by atoms with Crippen molar-refractivity contribution >= 4 is 58.2 Å². The Bertz CT molecular complexity index is 2090. The van der Waals surface area contributed by atoms with Gasteiger partial charge < -0.3 is 30.3 Å². The van der Waals surface area contributed by atoms with Crippen LogP contribution in [0.1, 0.15) is 51.7 Å². The first kappa shape index (κ1) is 43.3. The SMILES string of the molecule is C[C@H](NC(=O)[C@@H](Cc1ccccc1)NC(=O)[C@@H]1CCCN1C(=O)[C@H](CP(=S)(c1ccccc1)c1ccccc1)NC(=O)OC(C)(C)C)C1=N[C@@H](Cc2ccccc2)CO1. The zero-order chi connectivity index (χ0) is 42.0. The number of carbonyl (C=O) groups excluding carboxylic acids is 4. The summed E-state index contributed by atoms with van der Waals surface area (Å²) in [6.45, 7) is 7.77. The topological polar surface area (TPSA) is 138 Å². The van der Waals surface area contributed by atoms with Gasteiger partial charge in [-0.1, -0.05) is 133 Å². The summed E-state index contributed by atoms with van der Waals surface area (Å²) < 4.78 is 11.6. The van der Waals surface area contributed by atoms with E-state index < -0.39 is 59.6 Å². The molecule has 2 aliphatic heterocycles. The molecule has 4 aromatic rings. The molecule has 0 bridgehead atoms. The molecular formula is C46H54N5O6PS. The maximum Gasteiger partial charge on any atom is 0.408 e. The maximum absolute atomic E-state index is 14.8. The van der Waals surface area contributed by atoms with Crippen LogP contribution in [-0.4, -0.2) is 89.7 Å². The average Bonchev–Trinajstić information content (AvgIpc) is 3.92. The third-order valence-electron chi connectivity index (χ3n) is 10.3. The van der Waals surface area contributed by atoms with E-state index in [-0.39, 0.29) is 25.2 Å². The number of benzene rings is 4. The first-order chi connectivity index (χ1) is 28.3. The number of ether oxygens (including phenoxy) is 2. The van der Waals surface area contributed by atoms with E-state index in [9.17, 15) is 19.2 Å². The molecule has 0 spiro atoms. The lowest BCUT2D eigenvalue weighted by Gasteiger charge is -2.33. The van der Waals surface area contributed by atoms with Gasteiger partial charge in [0.25, 0.3) is 0 Å².